The number of nitrogens with one attached hydrogen (secondary N) is 2. The van der Waals surface area contributed by atoms with Gasteiger partial charge in [-0.3, -0.25) is 5.32 Å². The molecule has 0 saturated carbocycles. The zero-order valence-corrected chi connectivity index (χ0v) is 30.9. The number of hydrogen-bond donors (Lipinski definition) is 2. The standard InChI is InChI=1S/C51H36N4O2/c1-3-12-31(13-4-1)49-52-50(32-14-5-2-6-15-32)54-51(53-49)40-18-11-21-45-48(40)39-26-23-34(29-47(39)57-45)33-22-25-38-41-30-35(24-27-44(41)56-46(38)28-33)55-42-19-9-7-16-36(42)37-17-8-10-20-43(37)55/h1-24,26-30,38,49,51,53H,25H2,(H,52,54). The van der Waals surface area contributed by atoms with Crippen LogP contribution in [-0.4, -0.2) is 10.4 Å². The molecule has 3 atom stereocenters. The van der Waals surface area contributed by atoms with Crippen molar-refractivity contribution in [3.05, 3.63) is 210 Å². The van der Waals surface area contributed by atoms with Gasteiger partial charge < -0.3 is 19.0 Å². The smallest absolute Gasteiger partial charge is 0.136 e. The first-order valence-corrected chi connectivity index (χ1v) is 19.6. The lowest BCUT2D eigenvalue weighted by molar-refractivity contribution is 0.411. The van der Waals surface area contributed by atoms with Gasteiger partial charge in [-0.2, -0.15) is 0 Å². The number of hydrogen-bond acceptors (Lipinski definition) is 5. The maximum atomic E-state index is 6.62. The number of amidine groups is 1. The van der Waals surface area contributed by atoms with E-state index in [2.05, 4.69) is 179 Å². The summed E-state index contributed by atoms with van der Waals surface area (Å²) < 4.78 is 15.6. The van der Waals surface area contributed by atoms with Crippen LogP contribution in [-0.2, 0) is 0 Å². The lowest BCUT2D eigenvalue weighted by Gasteiger charge is -2.32. The molecule has 0 radical (unpaired) electrons. The van der Waals surface area contributed by atoms with E-state index in [0.717, 1.165) is 79.2 Å². The first-order chi connectivity index (χ1) is 28.2. The molecular weight excluding hydrogens is 701 g/mol. The highest BCUT2D eigenvalue weighted by Crippen LogP contribution is 2.48. The summed E-state index contributed by atoms with van der Waals surface area (Å²) in [5, 5.41) is 12.2. The lowest BCUT2D eigenvalue weighted by Crippen LogP contribution is -2.45. The number of aromatic nitrogens is 1. The van der Waals surface area contributed by atoms with Crippen molar-refractivity contribution in [2.24, 2.45) is 4.99 Å². The quantitative estimate of drug-likeness (QED) is 0.185. The van der Waals surface area contributed by atoms with Crippen molar-refractivity contribution in [1.29, 1.82) is 0 Å². The highest BCUT2D eigenvalue weighted by Gasteiger charge is 2.33. The molecule has 0 fully saturated rings. The molecule has 272 valence electrons. The van der Waals surface area contributed by atoms with Crippen LogP contribution in [0.5, 0.6) is 5.75 Å². The molecule has 3 unspecified atom stereocenters. The summed E-state index contributed by atoms with van der Waals surface area (Å²) >= 11 is 0. The largest absolute Gasteiger partial charge is 0.461 e. The molecule has 4 heterocycles. The maximum absolute atomic E-state index is 6.62. The Morgan fingerprint density at radius 1 is 0.614 bits per heavy atom. The molecule has 6 heteroatoms. The van der Waals surface area contributed by atoms with Crippen molar-refractivity contribution in [2.45, 2.75) is 24.7 Å². The molecule has 57 heavy (non-hydrogen) atoms. The Morgan fingerprint density at radius 2 is 1.37 bits per heavy atom. The number of furan rings is 1. The summed E-state index contributed by atoms with van der Waals surface area (Å²) in [6.07, 6.45) is 5.01. The third kappa shape index (κ3) is 5.18. The van der Waals surface area contributed by atoms with E-state index < -0.39 is 0 Å². The summed E-state index contributed by atoms with van der Waals surface area (Å²) in [6.45, 7) is 0. The number of rotatable bonds is 5. The monoisotopic (exact) mass is 736 g/mol. The predicted octanol–water partition coefficient (Wildman–Crippen LogP) is 11.9. The zero-order chi connectivity index (χ0) is 37.5. The number of para-hydroxylation sites is 2. The van der Waals surface area contributed by atoms with E-state index in [9.17, 15) is 0 Å². The summed E-state index contributed by atoms with van der Waals surface area (Å²) in [6, 6.07) is 57.6. The molecule has 2 aliphatic heterocycles. The Labute approximate surface area is 329 Å². The van der Waals surface area contributed by atoms with Crippen LogP contribution in [0.15, 0.2) is 191 Å². The highest BCUT2D eigenvalue weighted by atomic mass is 16.5. The molecule has 3 aliphatic rings. The first-order valence-electron chi connectivity index (χ1n) is 19.6. The van der Waals surface area contributed by atoms with Gasteiger partial charge >= 0.3 is 0 Å². The van der Waals surface area contributed by atoms with Crippen molar-refractivity contribution in [3.63, 3.8) is 0 Å². The van der Waals surface area contributed by atoms with Crippen LogP contribution in [0.4, 0.5) is 0 Å². The van der Waals surface area contributed by atoms with Crippen LogP contribution >= 0.6 is 0 Å². The topological polar surface area (TPSA) is 63.7 Å². The molecule has 0 bridgehead atoms. The average molecular weight is 737 g/mol. The van der Waals surface area contributed by atoms with Gasteiger partial charge in [-0.1, -0.05) is 121 Å². The summed E-state index contributed by atoms with van der Waals surface area (Å²) in [5.74, 6) is 2.96. The number of nitrogens with zero attached hydrogens (tertiary/aromatic N) is 2. The number of allylic oxidation sites excluding steroid dienone is 4. The second-order valence-corrected chi connectivity index (χ2v) is 15.1. The third-order valence-corrected chi connectivity index (χ3v) is 11.8. The van der Waals surface area contributed by atoms with Crippen molar-refractivity contribution in [1.82, 2.24) is 15.2 Å². The van der Waals surface area contributed by atoms with E-state index >= 15 is 0 Å². The minimum absolute atomic E-state index is 0.175. The molecule has 1 aliphatic carbocycles. The van der Waals surface area contributed by atoms with Gasteiger partial charge in [0, 0.05) is 49.8 Å². The molecule has 2 N–H and O–H groups in total. The normalized spacial score (nSPS) is 18.8. The Kier molecular flexibility index (Phi) is 7.16. The van der Waals surface area contributed by atoms with E-state index in [-0.39, 0.29) is 18.2 Å². The Hall–Kier alpha value is -7.15. The second-order valence-electron chi connectivity index (χ2n) is 15.1. The van der Waals surface area contributed by atoms with Crippen molar-refractivity contribution in [2.75, 3.05) is 0 Å². The Morgan fingerprint density at radius 3 is 2.18 bits per heavy atom. The molecule has 6 nitrogen and oxygen atoms in total. The summed E-state index contributed by atoms with van der Waals surface area (Å²) in [5.41, 5.74) is 12.0. The van der Waals surface area contributed by atoms with E-state index in [0.29, 0.717) is 0 Å². The Balaban J connectivity index is 0.870. The first kappa shape index (κ1) is 32.1. The van der Waals surface area contributed by atoms with Crippen molar-refractivity contribution >= 4 is 55.2 Å². The minimum Gasteiger partial charge on any atom is -0.461 e. The number of aliphatic imine (C=N–C) groups is 1. The molecule has 0 saturated heterocycles. The van der Waals surface area contributed by atoms with Gasteiger partial charge in [0.1, 0.15) is 40.8 Å². The lowest BCUT2D eigenvalue weighted by atomic mass is 9.87. The van der Waals surface area contributed by atoms with Crippen LogP contribution in [0.3, 0.4) is 0 Å². The van der Waals surface area contributed by atoms with E-state index in [4.69, 9.17) is 14.1 Å². The third-order valence-electron chi connectivity index (χ3n) is 11.8. The number of ether oxygens (including phenoxy) is 1. The van der Waals surface area contributed by atoms with Crippen LogP contribution < -0.4 is 15.4 Å². The van der Waals surface area contributed by atoms with Gasteiger partial charge in [-0.25, -0.2) is 4.99 Å². The maximum Gasteiger partial charge on any atom is 0.136 e. The fraction of sp³-hybridized carbons (Fsp3) is 0.0784. The number of fused-ring (bicyclic) bond motifs is 9. The molecule has 2 aromatic heterocycles. The van der Waals surface area contributed by atoms with Gasteiger partial charge in [0.05, 0.1) is 11.0 Å². The van der Waals surface area contributed by atoms with Crippen molar-refractivity contribution in [3.8, 4) is 11.4 Å². The van der Waals surface area contributed by atoms with E-state index in [1.54, 1.807) is 0 Å². The fourth-order valence-corrected chi connectivity index (χ4v) is 9.16. The fourth-order valence-electron chi connectivity index (χ4n) is 9.16. The van der Waals surface area contributed by atoms with Crippen LogP contribution in [0, 0.1) is 0 Å². The van der Waals surface area contributed by atoms with Gasteiger partial charge in [0.15, 0.2) is 0 Å². The van der Waals surface area contributed by atoms with E-state index in [1.807, 2.05) is 12.1 Å². The zero-order valence-electron chi connectivity index (χ0n) is 30.9. The number of benzene rings is 7. The molecule has 0 amide bonds. The molecule has 12 rings (SSSR count). The molecular formula is C51H36N4O2. The predicted molar refractivity (Wildman–Crippen MR) is 230 cm³/mol. The van der Waals surface area contributed by atoms with Crippen molar-refractivity contribution < 1.29 is 9.15 Å². The van der Waals surface area contributed by atoms with Crippen LogP contribution in [0.2, 0.25) is 0 Å². The van der Waals surface area contributed by atoms with Gasteiger partial charge in [0.2, 0.25) is 0 Å². The molecule has 0 spiro atoms. The SMILES string of the molecule is C1=C(c2ccc3c(c2)oc2cccc(C4NC(c5ccccc5)=NC(c5ccccc5)N4)c23)C=C2Oc3ccc(-n4c5ccccc5c5ccccc54)cc3C2C1. The average Bonchev–Trinajstić information content (AvgIpc) is 3.95. The summed E-state index contributed by atoms with van der Waals surface area (Å²) in [4.78, 5) is 5.11. The van der Waals surface area contributed by atoms with Crippen LogP contribution in [0.25, 0.3) is 55.0 Å². The molecule has 7 aromatic carbocycles. The summed E-state index contributed by atoms with van der Waals surface area (Å²) in [7, 11) is 0. The van der Waals surface area contributed by atoms with Crippen LogP contribution in [0.1, 0.15) is 52.5 Å². The van der Waals surface area contributed by atoms with E-state index in [1.165, 1.54) is 27.4 Å². The molecule has 9 aromatic rings. The second kappa shape index (κ2) is 12.7. The van der Waals surface area contributed by atoms with Gasteiger partial charge in [-0.15, -0.1) is 0 Å². The van der Waals surface area contributed by atoms with Gasteiger partial charge in [0.25, 0.3) is 0 Å². The highest BCUT2D eigenvalue weighted by molar-refractivity contribution is 6.10. The van der Waals surface area contributed by atoms with Gasteiger partial charge in [-0.05, 0) is 77.7 Å². The minimum atomic E-state index is -0.216. The Bertz CT molecular complexity index is 3100.